The molecule has 0 heterocycles. The number of aliphatic carboxylic acids is 1. The number of hydrogen-bond donors (Lipinski definition) is 1. The Bertz CT molecular complexity index is 327. The van der Waals surface area contributed by atoms with Crippen LogP contribution in [0.25, 0.3) is 0 Å². The van der Waals surface area contributed by atoms with Gasteiger partial charge in [0.15, 0.2) is 0 Å². The van der Waals surface area contributed by atoms with E-state index in [0.717, 1.165) is 12.8 Å². The zero-order chi connectivity index (χ0) is 13.3. The van der Waals surface area contributed by atoms with Gasteiger partial charge in [-0.2, -0.15) is 0 Å². The van der Waals surface area contributed by atoms with Gasteiger partial charge in [-0.15, -0.1) is 11.8 Å². The second-order valence-corrected chi connectivity index (χ2v) is 8.78. The largest absolute Gasteiger partial charge is 0.480 e. The van der Waals surface area contributed by atoms with Gasteiger partial charge < -0.3 is 5.11 Å². The first-order valence-corrected chi connectivity index (χ1v) is 8.94. The molecule has 3 fully saturated rings. The Labute approximate surface area is 120 Å². The van der Waals surface area contributed by atoms with Crippen molar-refractivity contribution in [1.29, 1.82) is 0 Å². The van der Waals surface area contributed by atoms with Gasteiger partial charge in [-0.05, 0) is 43.9 Å². The summed E-state index contributed by atoms with van der Waals surface area (Å²) >= 11 is 1.83. The third kappa shape index (κ3) is 2.68. The van der Waals surface area contributed by atoms with E-state index in [0.29, 0.717) is 10.7 Å². The Kier molecular flexibility index (Phi) is 3.85. The predicted molar refractivity (Wildman–Crippen MR) is 79.6 cm³/mol. The average molecular weight is 282 g/mol. The molecule has 0 radical (unpaired) electrons. The minimum absolute atomic E-state index is 0.415. The topological polar surface area (TPSA) is 37.3 Å². The maximum absolute atomic E-state index is 11.8. The van der Waals surface area contributed by atoms with Crippen molar-refractivity contribution < 1.29 is 9.90 Å². The van der Waals surface area contributed by atoms with Crippen LogP contribution in [0.5, 0.6) is 0 Å². The van der Waals surface area contributed by atoms with Gasteiger partial charge in [0.25, 0.3) is 0 Å². The smallest absolute Gasteiger partial charge is 0.319 e. The lowest BCUT2D eigenvalue weighted by Crippen LogP contribution is -2.56. The SMILES string of the molecule is O=C(O)C1(SC2CCCCC2)CC2(CCCCC2)C1. The second-order valence-electron chi connectivity index (χ2n) is 7.09. The molecule has 0 atom stereocenters. The van der Waals surface area contributed by atoms with Gasteiger partial charge in [-0.25, -0.2) is 0 Å². The van der Waals surface area contributed by atoms with Gasteiger partial charge in [0.05, 0.1) is 0 Å². The van der Waals surface area contributed by atoms with Crippen molar-refractivity contribution in [3.05, 3.63) is 0 Å². The molecule has 0 aromatic carbocycles. The normalized spacial score (nSPS) is 29.9. The molecule has 1 N–H and O–H groups in total. The average Bonchev–Trinajstić information content (AvgIpc) is 2.39. The first-order valence-electron chi connectivity index (χ1n) is 8.06. The summed E-state index contributed by atoms with van der Waals surface area (Å²) in [5, 5.41) is 10.3. The highest BCUT2D eigenvalue weighted by Gasteiger charge is 2.59. The van der Waals surface area contributed by atoms with Gasteiger partial charge in [0, 0.05) is 5.25 Å². The second kappa shape index (κ2) is 5.31. The Hall–Kier alpha value is -0.180. The fourth-order valence-electron chi connectivity index (χ4n) is 4.60. The van der Waals surface area contributed by atoms with Crippen LogP contribution in [0.2, 0.25) is 0 Å². The molecule has 0 unspecified atom stereocenters. The molecule has 0 saturated heterocycles. The van der Waals surface area contributed by atoms with E-state index >= 15 is 0 Å². The molecule has 3 saturated carbocycles. The predicted octanol–water partition coefficient (Wildman–Crippen LogP) is 4.62. The van der Waals surface area contributed by atoms with E-state index in [9.17, 15) is 9.90 Å². The van der Waals surface area contributed by atoms with Gasteiger partial charge in [0.1, 0.15) is 4.75 Å². The lowest BCUT2D eigenvalue weighted by molar-refractivity contribution is -0.147. The molecule has 1 spiro atoms. The Balaban J connectivity index is 1.63. The molecule has 0 aromatic heterocycles. The third-order valence-electron chi connectivity index (χ3n) is 5.57. The standard InChI is InChI=1S/C16H26O2S/c17-14(18)16(19-13-7-3-1-4-8-13)11-15(12-16)9-5-2-6-10-15/h13H,1-12H2,(H,17,18). The van der Waals surface area contributed by atoms with Crippen molar-refractivity contribution in [1.82, 2.24) is 0 Å². The van der Waals surface area contributed by atoms with E-state index in [1.54, 1.807) is 0 Å². The van der Waals surface area contributed by atoms with Crippen molar-refractivity contribution in [2.24, 2.45) is 5.41 Å². The van der Waals surface area contributed by atoms with Gasteiger partial charge >= 0.3 is 5.97 Å². The fourth-order valence-corrected chi connectivity index (χ4v) is 6.69. The number of carbonyl (C=O) groups is 1. The van der Waals surface area contributed by atoms with Crippen molar-refractivity contribution in [3.8, 4) is 0 Å². The van der Waals surface area contributed by atoms with Crippen molar-refractivity contribution in [3.63, 3.8) is 0 Å². The molecular weight excluding hydrogens is 256 g/mol. The molecular formula is C16H26O2S. The minimum Gasteiger partial charge on any atom is -0.480 e. The van der Waals surface area contributed by atoms with Crippen LogP contribution in [0, 0.1) is 5.41 Å². The van der Waals surface area contributed by atoms with E-state index in [-0.39, 0.29) is 0 Å². The summed E-state index contributed by atoms with van der Waals surface area (Å²) in [4.78, 5) is 11.8. The van der Waals surface area contributed by atoms with E-state index < -0.39 is 10.7 Å². The molecule has 0 bridgehead atoms. The molecule has 108 valence electrons. The lowest BCUT2D eigenvalue weighted by atomic mass is 9.55. The minimum atomic E-state index is -0.528. The van der Waals surface area contributed by atoms with Crippen LogP contribution < -0.4 is 0 Å². The first kappa shape index (κ1) is 13.8. The van der Waals surface area contributed by atoms with Crippen molar-refractivity contribution in [2.75, 3.05) is 0 Å². The summed E-state index contributed by atoms with van der Waals surface area (Å²) in [6, 6.07) is 0. The summed E-state index contributed by atoms with van der Waals surface area (Å²) in [5.41, 5.74) is 0.415. The van der Waals surface area contributed by atoms with Crippen molar-refractivity contribution >= 4 is 17.7 Å². The first-order chi connectivity index (χ1) is 9.14. The molecule has 3 aliphatic carbocycles. The summed E-state index contributed by atoms with van der Waals surface area (Å²) in [6.07, 6.45) is 14.9. The van der Waals surface area contributed by atoms with Crippen LogP contribution >= 0.6 is 11.8 Å². The highest BCUT2D eigenvalue weighted by Crippen LogP contribution is 2.63. The van der Waals surface area contributed by atoms with Crippen LogP contribution in [0.4, 0.5) is 0 Å². The molecule has 0 amide bonds. The van der Waals surface area contributed by atoms with Gasteiger partial charge in [-0.1, -0.05) is 38.5 Å². The van der Waals surface area contributed by atoms with E-state index in [1.165, 1.54) is 64.2 Å². The fraction of sp³-hybridized carbons (Fsp3) is 0.938. The zero-order valence-corrected chi connectivity index (χ0v) is 12.6. The van der Waals surface area contributed by atoms with Crippen molar-refractivity contribution in [2.45, 2.75) is 87.0 Å². The van der Waals surface area contributed by atoms with Crippen LogP contribution in [0.3, 0.4) is 0 Å². The lowest BCUT2D eigenvalue weighted by Gasteiger charge is -2.56. The Morgan fingerprint density at radius 2 is 1.53 bits per heavy atom. The number of thioether (sulfide) groups is 1. The Morgan fingerprint density at radius 1 is 0.947 bits per heavy atom. The molecule has 0 aromatic rings. The Morgan fingerprint density at radius 3 is 2.11 bits per heavy atom. The zero-order valence-electron chi connectivity index (χ0n) is 11.8. The summed E-state index contributed by atoms with van der Waals surface area (Å²) in [5.74, 6) is -0.528. The van der Waals surface area contributed by atoms with E-state index in [2.05, 4.69) is 0 Å². The van der Waals surface area contributed by atoms with Crippen LogP contribution in [-0.2, 0) is 4.79 Å². The van der Waals surface area contributed by atoms with Gasteiger partial charge in [-0.3, -0.25) is 4.79 Å². The molecule has 3 rings (SSSR count). The maximum Gasteiger partial charge on any atom is 0.319 e. The molecule has 3 heteroatoms. The number of carboxylic acid groups (broad SMARTS) is 1. The van der Waals surface area contributed by atoms with Crippen LogP contribution in [0.1, 0.15) is 77.0 Å². The molecule has 2 nitrogen and oxygen atoms in total. The van der Waals surface area contributed by atoms with Crippen LogP contribution in [0.15, 0.2) is 0 Å². The highest BCUT2D eigenvalue weighted by molar-refractivity contribution is 8.02. The monoisotopic (exact) mass is 282 g/mol. The summed E-state index contributed by atoms with van der Waals surface area (Å²) < 4.78 is -0.417. The quantitative estimate of drug-likeness (QED) is 0.820. The number of hydrogen-bond acceptors (Lipinski definition) is 2. The van der Waals surface area contributed by atoms with Gasteiger partial charge in [0.2, 0.25) is 0 Å². The number of carboxylic acids is 1. The van der Waals surface area contributed by atoms with Crippen LogP contribution in [-0.4, -0.2) is 21.1 Å². The van der Waals surface area contributed by atoms with E-state index in [1.807, 2.05) is 11.8 Å². The molecule has 3 aliphatic rings. The third-order valence-corrected chi connectivity index (χ3v) is 7.29. The summed E-state index contributed by atoms with van der Waals surface area (Å²) in [6.45, 7) is 0. The summed E-state index contributed by atoms with van der Waals surface area (Å²) in [7, 11) is 0. The maximum atomic E-state index is 11.8. The van der Waals surface area contributed by atoms with E-state index in [4.69, 9.17) is 0 Å². The molecule has 19 heavy (non-hydrogen) atoms. The number of rotatable bonds is 3. The molecule has 0 aliphatic heterocycles. The highest BCUT2D eigenvalue weighted by atomic mass is 32.2.